The van der Waals surface area contributed by atoms with Crippen LogP contribution in [-0.2, 0) is 20.7 Å². The highest BCUT2D eigenvalue weighted by Gasteiger charge is 2.42. The molecule has 2 aromatic rings. The second-order valence-corrected chi connectivity index (χ2v) is 12.2. The molecule has 3 amide bonds. The van der Waals surface area contributed by atoms with Crippen LogP contribution in [-0.4, -0.2) is 46.5 Å². The van der Waals surface area contributed by atoms with Gasteiger partial charge in [0.25, 0.3) is 0 Å². The number of ether oxygens (including phenoxy) is 1. The highest BCUT2D eigenvalue weighted by Crippen LogP contribution is 2.35. The van der Waals surface area contributed by atoms with Crippen LogP contribution in [0, 0.1) is 13.8 Å². The summed E-state index contributed by atoms with van der Waals surface area (Å²) in [4.78, 5) is 43.3. The number of carbonyl (C=O) groups is 3. The number of aryl methyl sites for hydroxylation is 2. The number of amides is 3. The Morgan fingerprint density at radius 3 is 2.27 bits per heavy atom. The van der Waals surface area contributed by atoms with Gasteiger partial charge in [0.05, 0.1) is 0 Å². The summed E-state index contributed by atoms with van der Waals surface area (Å²) in [7, 11) is 0. The minimum Gasteiger partial charge on any atom is -0.444 e. The molecule has 1 saturated carbocycles. The zero-order valence-corrected chi connectivity index (χ0v) is 25.3. The number of rotatable bonds is 11. The van der Waals surface area contributed by atoms with Gasteiger partial charge >= 0.3 is 6.09 Å². The van der Waals surface area contributed by atoms with Crippen molar-refractivity contribution in [3.05, 3.63) is 70.8 Å². The van der Waals surface area contributed by atoms with E-state index in [-0.39, 0.29) is 30.3 Å². The third-order valence-corrected chi connectivity index (χ3v) is 7.36. The molecule has 1 aliphatic rings. The summed E-state index contributed by atoms with van der Waals surface area (Å²) in [5.74, 6) is -0.464. The molecule has 7 nitrogen and oxygen atoms in total. The maximum absolute atomic E-state index is 14.6. The van der Waals surface area contributed by atoms with E-state index >= 15 is 0 Å². The molecule has 0 aromatic heterocycles. The molecule has 1 aliphatic carbocycles. The van der Waals surface area contributed by atoms with Crippen LogP contribution in [0.3, 0.4) is 0 Å². The number of hydrogen-bond donors (Lipinski definition) is 2. The lowest BCUT2D eigenvalue weighted by Crippen LogP contribution is -2.58. The summed E-state index contributed by atoms with van der Waals surface area (Å²) >= 11 is 0. The third-order valence-electron chi connectivity index (χ3n) is 7.36. The molecule has 3 unspecified atom stereocenters. The number of carbonyl (C=O) groups excluding carboxylic acids is 3. The van der Waals surface area contributed by atoms with E-state index in [4.69, 9.17) is 4.74 Å². The summed E-state index contributed by atoms with van der Waals surface area (Å²) in [5, 5.41) is 6.03. The van der Waals surface area contributed by atoms with Crippen molar-refractivity contribution >= 4 is 17.9 Å². The molecule has 0 aliphatic heterocycles. The molecule has 2 aromatic carbocycles. The highest BCUT2D eigenvalue weighted by atomic mass is 16.6. The molecule has 0 radical (unpaired) electrons. The fourth-order valence-corrected chi connectivity index (χ4v) is 5.16. The second-order valence-electron chi connectivity index (χ2n) is 12.2. The lowest BCUT2D eigenvalue weighted by molar-refractivity contribution is -0.147. The zero-order chi connectivity index (χ0) is 29.4. The third kappa shape index (κ3) is 8.57. The zero-order valence-electron chi connectivity index (χ0n) is 25.3. The van der Waals surface area contributed by atoms with Gasteiger partial charge in [0.1, 0.15) is 17.7 Å². The first kappa shape index (κ1) is 31.2. The Kier molecular flexibility index (Phi) is 10.8. The van der Waals surface area contributed by atoms with Crippen LogP contribution < -0.4 is 10.6 Å². The molecule has 3 atom stereocenters. The Morgan fingerprint density at radius 2 is 1.70 bits per heavy atom. The van der Waals surface area contributed by atoms with Gasteiger partial charge < -0.3 is 20.3 Å². The molecule has 40 heavy (non-hydrogen) atoms. The molecule has 1 fully saturated rings. The lowest BCUT2D eigenvalue weighted by atomic mass is 9.86. The van der Waals surface area contributed by atoms with Gasteiger partial charge in [0.15, 0.2) is 0 Å². The number of nitrogens with zero attached hydrogens (tertiary/aromatic N) is 1. The van der Waals surface area contributed by atoms with E-state index in [2.05, 4.69) is 17.6 Å². The largest absolute Gasteiger partial charge is 0.444 e. The van der Waals surface area contributed by atoms with Crippen LogP contribution in [0.2, 0.25) is 0 Å². The van der Waals surface area contributed by atoms with Crippen molar-refractivity contribution in [2.24, 2.45) is 0 Å². The smallest absolute Gasteiger partial charge is 0.408 e. The van der Waals surface area contributed by atoms with Gasteiger partial charge in [0.2, 0.25) is 11.8 Å². The summed E-state index contributed by atoms with van der Waals surface area (Å²) in [6.45, 7) is 13.4. The van der Waals surface area contributed by atoms with Gasteiger partial charge in [-0.25, -0.2) is 4.79 Å². The molecule has 0 bridgehead atoms. The monoisotopic (exact) mass is 549 g/mol. The number of hydrogen-bond acceptors (Lipinski definition) is 4. The molecule has 7 heteroatoms. The van der Waals surface area contributed by atoms with E-state index < -0.39 is 23.8 Å². The number of alkyl carbamates (subject to hydrolysis) is 1. The molecule has 218 valence electrons. The summed E-state index contributed by atoms with van der Waals surface area (Å²) in [6, 6.07) is 13.8. The maximum atomic E-state index is 14.6. The Hall–Kier alpha value is -3.35. The predicted octanol–water partition coefficient (Wildman–Crippen LogP) is 6.17. The van der Waals surface area contributed by atoms with E-state index in [0.29, 0.717) is 0 Å². The first-order valence-electron chi connectivity index (χ1n) is 14.6. The van der Waals surface area contributed by atoms with Crippen molar-refractivity contribution in [1.82, 2.24) is 15.5 Å². The molecular formula is C33H47N3O4. The summed E-state index contributed by atoms with van der Waals surface area (Å²) < 4.78 is 5.54. The fraction of sp³-hybridized carbons (Fsp3) is 0.545. The van der Waals surface area contributed by atoms with Crippen LogP contribution in [0.5, 0.6) is 0 Å². The predicted molar refractivity (Wildman–Crippen MR) is 159 cm³/mol. The summed E-state index contributed by atoms with van der Waals surface area (Å²) in [6.07, 6.45) is 4.05. The van der Waals surface area contributed by atoms with Crippen LogP contribution in [0.4, 0.5) is 4.79 Å². The Balaban J connectivity index is 2.07. The molecule has 2 N–H and O–H groups in total. The van der Waals surface area contributed by atoms with Gasteiger partial charge in [-0.15, -0.1) is 0 Å². The molecule has 3 rings (SSSR count). The van der Waals surface area contributed by atoms with Gasteiger partial charge in [-0.1, -0.05) is 67.4 Å². The van der Waals surface area contributed by atoms with Gasteiger partial charge in [-0.2, -0.15) is 0 Å². The standard InChI is InChI=1S/C33H47N3O4/c1-8-13-24(4)34-30(37)29(27-20-22(2)18-19-23(27)3)36(26-16-12-17-26)31(38)28(21-25-14-10-9-11-15-25)35-32(39)40-33(5,6)7/h9-11,14-15,18-20,24,26,28-29H,8,12-13,16-17,21H2,1-7H3,(H,34,37)(H,35,39). The SMILES string of the molecule is CCCC(C)NC(=O)C(c1cc(C)ccc1C)N(C(=O)C(Cc1ccccc1)NC(=O)OC(C)(C)C)C1CCC1. The molecule has 0 heterocycles. The topological polar surface area (TPSA) is 87.7 Å². The van der Waals surface area contributed by atoms with E-state index in [0.717, 1.165) is 54.4 Å². The van der Waals surface area contributed by atoms with Crippen molar-refractivity contribution in [3.63, 3.8) is 0 Å². The average molecular weight is 550 g/mol. The van der Waals surface area contributed by atoms with Crippen molar-refractivity contribution in [2.45, 2.75) is 117 Å². The van der Waals surface area contributed by atoms with Crippen LogP contribution >= 0.6 is 0 Å². The molecule has 0 saturated heterocycles. The maximum Gasteiger partial charge on any atom is 0.408 e. The van der Waals surface area contributed by atoms with Crippen molar-refractivity contribution in [3.8, 4) is 0 Å². The first-order valence-corrected chi connectivity index (χ1v) is 14.6. The van der Waals surface area contributed by atoms with E-state index in [9.17, 15) is 14.4 Å². The number of benzene rings is 2. The minimum absolute atomic E-state index is 0.0246. The normalized spacial score (nSPS) is 15.8. The second kappa shape index (κ2) is 13.8. The van der Waals surface area contributed by atoms with Gasteiger partial charge in [-0.05, 0) is 83.9 Å². The Bertz CT molecular complexity index is 1150. The fourth-order valence-electron chi connectivity index (χ4n) is 5.16. The Morgan fingerprint density at radius 1 is 1.02 bits per heavy atom. The molecular weight excluding hydrogens is 502 g/mol. The summed E-state index contributed by atoms with van der Waals surface area (Å²) in [5.41, 5.74) is 2.99. The minimum atomic E-state index is -0.897. The van der Waals surface area contributed by atoms with E-state index in [1.807, 2.05) is 69.3 Å². The van der Waals surface area contributed by atoms with Gasteiger partial charge in [0, 0.05) is 18.5 Å². The van der Waals surface area contributed by atoms with Crippen molar-refractivity contribution in [2.75, 3.05) is 0 Å². The lowest BCUT2D eigenvalue weighted by Gasteiger charge is -2.44. The van der Waals surface area contributed by atoms with Crippen molar-refractivity contribution in [1.29, 1.82) is 0 Å². The van der Waals surface area contributed by atoms with Crippen LogP contribution in [0.1, 0.15) is 95.0 Å². The van der Waals surface area contributed by atoms with Gasteiger partial charge in [-0.3, -0.25) is 9.59 Å². The van der Waals surface area contributed by atoms with Crippen LogP contribution in [0.25, 0.3) is 0 Å². The van der Waals surface area contributed by atoms with Crippen LogP contribution in [0.15, 0.2) is 48.5 Å². The van der Waals surface area contributed by atoms with Crippen molar-refractivity contribution < 1.29 is 19.1 Å². The Labute approximate surface area is 240 Å². The number of nitrogens with one attached hydrogen (secondary N) is 2. The van der Waals surface area contributed by atoms with E-state index in [1.165, 1.54) is 0 Å². The first-order chi connectivity index (χ1) is 18.9. The average Bonchev–Trinajstić information content (AvgIpc) is 2.83. The molecule has 0 spiro atoms. The quantitative estimate of drug-likeness (QED) is 0.351. The van der Waals surface area contributed by atoms with E-state index in [1.54, 1.807) is 25.7 Å². The highest BCUT2D eigenvalue weighted by molar-refractivity contribution is 5.93.